The van der Waals surface area contributed by atoms with Gasteiger partial charge in [0.1, 0.15) is 0 Å². The van der Waals surface area contributed by atoms with E-state index in [0.717, 1.165) is 19.1 Å². The molecule has 2 amide bonds. The Morgan fingerprint density at radius 3 is 2.04 bits per heavy atom. The molecule has 10 heteroatoms. The molecule has 0 saturated carbocycles. The van der Waals surface area contributed by atoms with Gasteiger partial charge in [-0.15, -0.1) is 11.3 Å². The fourth-order valence-corrected chi connectivity index (χ4v) is 5.22. The first-order chi connectivity index (χ1) is 12.3. The summed E-state index contributed by atoms with van der Waals surface area (Å²) < 4.78 is 1.12. The summed E-state index contributed by atoms with van der Waals surface area (Å²) >= 11 is 6.88. The number of rotatable bonds is 3. The van der Waals surface area contributed by atoms with Crippen molar-refractivity contribution in [1.82, 2.24) is 9.97 Å². The van der Waals surface area contributed by atoms with E-state index in [-0.39, 0.29) is 11.8 Å². The number of carbonyl (C=O) groups is 2. The average Bonchev–Trinajstić information content (AvgIpc) is 3.21. The van der Waals surface area contributed by atoms with Crippen LogP contribution in [0.3, 0.4) is 0 Å². The molecule has 6 nitrogen and oxygen atoms in total. The highest BCUT2D eigenvalue weighted by atomic mass is 127. The van der Waals surface area contributed by atoms with Crippen LogP contribution in [-0.4, -0.2) is 21.8 Å². The summed E-state index contributed by atoms with van der Waals surface area (Å²) in [6.07, 6.45) is 0. The van der Waals surface area contributed by atoms with Crippen LogP contribution in [0, 0.1) is 16.7 Å². The van der Waals surface area contributed by atoms with Crippen molar-refractivity contribution in [3.63, 3.8) is 0 Å². The molecule has 3 aromatic heterocycles. The predicted octanol–water partition coefficient (Wildman–Crippen LogP) is 5.15. The maximum absolute atomic E-state index is 10.9. The van der Waals surface area contributed by atoms with Crippen molar-refractivity contribution < 1.29 is 9.59 Å². The molecule has 0 aliphatic rings. The van der Waals surface area contributed by atoms with Crippen molar-refractivity contribution >= 4 is 78.7 Å². The van der Waals surface area contributed by atoms with Gasteiger partial charge < -0.3 is 10.6 Å². The molecule has 0 bridgehead atoms. The molecule has 3 aromatic rings. The van der Waals surface area contributed by atoms with Crippen LogP contribution in [0.1, 0.15) is 25.2 Å². The first-order valence-electron chi connectivity index (χ1n) is 7.45. The fraction of sp³-hybridized carbons (Fsp3) is 0.250. The lowest BCUT2D eigenvalue weighted by atomic mass is 10.3. The van der Waals surface area contributed by atoms with Gasteiger partial charge in [-0.3, -0.25) is 9.59 Å². The number of nitrogens with one attached hydrogen (secondary N) is 2. The van der Waals surface area contributed by atoms with Crippen LogP contribution in [0.15, 0.2) is 17.5 Å². The highest BCUT2D eigenvalue weighted by molar-refractivity contribution is 14.1. The smallest absolute Gasteiger partial charge is 0.223 e. The summed E-state index contributed by atoms with van der Waals surface area (Å²) in [6.45, 7) is 6.84. The molecular weight excluding hydrogens is 503 g/mol. The number of thiophene rings is 1. The second kappa shape index (κ2) is 9.53. The monoisotopic (exact) mass is 520 g/mol. The number of aryl methyl sites for hydroxylation is 2. The Morgan fingerprint density at radius 2 is 1.58 bits per heavy atom. The van der Waals surface area contributed by atoms with E-state index in [0.29, 0.717) is 10.3 Å². The molecule has 0 unspecified atom stereocenters. The van der Waals surface area contributed by atoms with E-state index in [9.17, 15) is 9.59 Å². The molecule has 3 rings (SSSR count). The minimum atomic E-state index is -0.0820. The molecule has 26 heavy (non-hydrogen) atoms. The van der Waals surface area contributed by atoms with Crippen molar-refractivity contribution in [3.8, 4) is 9.75 Å². The quantitative estimate of drug-likeness (QED) is 0.468. The van der Waals surface area contributed by atoms with Crippen molar-refractivity contribution in [1.29, 1.82) is 0 Å². The van der Waals surface area contributed by atoms with E-state index < -0.39 is 0 Å². The molecule has 0 saturated heterocycles. The minimum absolute atomic E-state index is 0.0739. The van der Waals surface area contributed by atoms with E-state index in [2.05, 4.69) is 49.3 Å². The Labute approximate surface area is 177 Å². The largest absolute Gasteiger partial charge is 0.302 e. The van der Waals surface area contributed by atoms with Crippen LogP contribution in [0.5, 0.6) is 0 Å². The third kappa shape index (κ3) is 6.11. The first-order valence-corrected chi connectivity index (χ1v) is 11.0. The normalized spacial score (nSPS) is 10.0. The molecule has 138 valence electrons. The molecule has 0 aliphatic heterocycles. The van der Waals surface area contributed by atoms with E-state index in [4.69, 9.17) is 0 Å². The zero-order valence-electron chi connectivity index (χ0n) is 14.5. The molecule has 0 aromatic carbocycles. The summed E-state index contributed by atoms with van der Waals surface area (Å²) in [5.41, 5.74) is 1.94. The van der Waals surface area contributed by atoms with Gasteiger partial charge in [-0.2, -0.15) is 0 Å². The number of nitrogens with zero attached hydrogens (tertiary/aromatic N) is 2. The van der Waals surface area contributed by atoms with Crippen LogP contribution < -0.4 is 10.6 Å². The summed E-state index contributed by atoms with van der Waals surface area (Å²) in [6, 6.07) is 4.07. The number of halogens is 1. The number of hydrogen-bond donors (Lipinski definition) is 2. The number of hydrogen-bond acceptors (Lipinski definition) is 7. The molecule has 0 spiro atoms. The van der Waals surface area contributed by atoms with E-state index in [1.165, 1.54) is 41.4 Å². The standard InChI is InChI=1S/C10H10N2OS2.C6H7IN2OS/c1-6-9(8-4-3-5-14-8)15-10(11-6)12-7(2)13;1-3-5(7)11-6(8-3)9-4(2)10/h3-5H,1-2H3,(H,11,12,13);1-2H3,(H,8,9,10). The number of amides is 2. The van der Waals surface area contributed by atoms with Crippen LogP contribution >= 0.6 is 56.6 Å². The van der Waals surface area contributed by atoms with E-state index in [1.807, 2.05) is 25.3 Å². The van der Waals surface area contributed by atoms with Crippen molar-refractivity contribution in [2.24, 2.45) is 0 Å². The second-order valence-electron chi connectivity index (χ2n) is 5.15. The SMILES string of the molecule is CC(=O)Nc1nc(C)c(-c2cccs2)s1.CC(=O)Nc1nc(C)c(I)s1. The van der Waals surface area contributed by atoms with E-state index in [1.54, 1.807) is 11.3 Å². The van der Waals surface area contributed by atoms with Gasteiger partial charge in [0.2, 0.25) is 11.8 Å². The highest BCUT2D eigenvalue weighted by Crippen LogP contribution is 2.35. The number of carbonyl (C=O) groups excluding carboxylic acids is 2. The molecular formula is C16H17IN4O2S3. The Hall–Kier alpha value is -1.37. The van der Waals surface area contributed by atoms with Crippen LogP contribution in [0.4, 0.5) is 10.3 Å². The Balaban J connectivity index is 0.000000197. The zero-order chi connectivity index (χ0) is 19.3. The molecule has 2 N–H and O–H groups in total. The number of thiazole rings is 2. The predicted molar refractivity (Wildman–Crippen MR) is 118 cm³/mol. The lowest BCUT2D eigenvalue weighted by molar-refractivity contribution is -0.115. The second-order valence-corrected chi connectivity index (χ2v) is 9.91. The average molecular weight is 520 g/mol. The Morgan fingerprint density at radius 1 is 1.00 bits per heavy atom. The minimum Gasteiger partial charge on any atom is -0.302 e. The molecule has 0 fully saturated rings. The maximum Gasteiger partial charge on any atom is 0.223 e. The van der Waals surface area contributed by atoms with Gasteiger partial charge in [0.25, 0.3) is 0 Å². The molecule has 0 aliphatic carbocycles. The van der Waals surface area contributed by atoms with Crippen LogP contribution in [0.2, 0.25) is 0 Å². The van der Waals surface area contributed by atoms with Gasteiger partial charge in [0, 0.05) is 18.7 Å². The Kier molecular flexibility index (Phi) is 7.68. The van der Waals surface area contributed by atoms with Gasteiger partial charge in [-0.1, -0.05) is 28.7 Å². The summed E-state index contributed by atoms with van der Waals surface area (Å²) in [7, 11) is 0. The topological polar surface area (TPSA) is 84.0 Å². The van der Waals surface area contributed by atoms with E-state index >= 15 is 0 Å². The van der Waals surface area contributed by atoms with Crippen molar-refractivity contribution in [3.05, 3.63) is 31.8 Å². The third-order valence-corrected chi connectivity index (χ3v) is 7.27. The fourth-order valence-electron chi connectivity index (χ4n) is 1.82. The van der Waals surface area contributed by atoms with Gasteiger partial charge >= 0.3 is 0 Å². The summed E-state index contributed by atoms with van der Waals surface area (Å²) in [4.78, 5) is 32.2. The van der Waals surface area contributed by atoms with Gasteiger partial charge in [-0.05, 0) is 47.9 Å². The summed E-state index contributed by atoms with van der Waals surface area (Å²) in [5.74, 6) is -0.156. The van der Waals surface area contributed by atoms with Crippen molar-refractivity contribution in [2.45, 2.75) is 27.7 Å². The molecule has 3 heterocycles. The number of aromatic nitrogens is 2. The van der Waals surface area contributed by atoms with Crippen LogP contribution in [-0.2, 0) is 9.59 Å². The van der Waals surface area contributed by atoms with Gasteiger partial charge in [0.15, 0.2) is 10.3 Å². The highest BCUT2D eigenvalue weighted by Gasteiger charge is 2.10. The Bertz CT molecular complexity index is 883. The number of anilines is 2. The van der Waals surface area contributed by atoms with Crippen LogP contribution in [0.25, 0.3) is 9.75 Å². The van der Waals surface area contributed by atoms with Crippen molar-refractivity contribution in [2.75, 3.05) is 10.6 Å². The zero-order valence-corrected chi connectivity index (χ0v) is 19.2. The molecule has 0 atom stereocenters. The van der Waals surface area contributed by atoms with Gasteiger partial charge in [-0.25, -0.2) is 9.97 Å². The maximum atomic E-state index is 10.9. The molecule has 0 radical (unpaired) electrons. The first kappa shape index (κ1) is 20.9. The lowest BCUT2D eigenvalue weighted by Crippen LogP contribution is -2.04. The third-order valence-electron chi connectivity index (χ3n) is 2.85. The van der Waals surface area contributed by atoms with Gasteiger partial charge in [0.05, 0.1) is 19.1 Å². The summed E-state index contributed by atoms with van der Waals surface area (Å²) in [5, 5.41) is 8.72. The lowest BCUT2D eigenvalue weighted by Gasteiger charge is -1.92.